The van der Waals surface area contributed by atoms with Crippen molar-refractivity contribution in [3.63, 3.8) is 0 Å². The van der Waals surface area contributed by atoms with Gasteiger partial charge in [-0.25, -0.2) is 0 Å². The van der Waals surface area contributed by atoms with Crippen LogP contribution in [0.4, 0.5) is 0 Å². The maximum atomic E-state index is 11.5. The summed E-state index contributed by atoms with van der Waals surface area (Å²) in [6.07, 6.45) is 2.13. The fourth-order valence-electron chi connectivity index (χ4n) is 1.68. The molecule has 4 nitrogen and oxygen atoms in total. The Morgan fingerprint density at radius 1 is 1.42 bits per heavy atom. The summed E-state index contributed by atoms with van der Waals surface area (Å²) in [5, 5.41) is 12.0. The predicted octanol–water partition coefficient (Wildman–Crippen LogP) is -0.711. The highest BCUT2D eigenvalue weighted by molar-refractivity contribution is 5.82. The van der Waals surface area contributed by atoms with Gasteiger partial charge in [0.1, 0.15) is 6.23 Å². The fraction of sp³-hybridized carbons (Fsp3) is 0.875. The molecule has 2 aliphatic rings. The van der Waals surface area contributed by atoms with E-state index in [2.05, 4.69) is 5.32 Å². The number of carbonyl (C=O) groups is 1. The number of aliphatic hydroxyl groups is 1. The first kappa shape index (κ1) is 8.01. The van der Waals surface area contributed by atoms with Crippen molar-refractivity contribution in [2.75, 3.05) is 13.1 Å². The monoisotopic (exact) mass is 170 g/mol. The number of likely N-dealkylation sites (tertiary alicyclic amines) is 1. The van der Waals surface area contributed by atoms with Gasteiger partial charge in [-0.05, 0) is 19.3 Å². The van der Waals surface area contributed by atoms with Gasteiger partial charge in [0.15, 0.2) is 0 Å². The van der Waals surface area contributed by atoms with Gasteiger partial charge in [0.2, 0.25) is 5.91 Å². The topological polar surface area (TPSA) is 52.6 Å². The molecule has 0 spiro atoms. The number of hydrogen-bond donors (Lipinski definition) is 2. The van der Waals surface area contributed by atoms with E-state index in [4.69, 9.17) is 5.11 Å². The van der Waals surface area contributed by atoms with E-state index < -0.39 is 6.23 Å². The average molecular weight is 170 g/mol. The Morgan fingerprint density at radius 3 is 2.58 bits per heavy atom. The van der Waals surface area contributed by atoms with E-state index in [-0.39, 0.29) is 11.9 Å². The van der Waals surface area contributed by atoms with Crippen molar-refractivity contribution in [1.29, 1.82) is 0 Å². The summed E-state index contributed by atoms with van der Waals surface area (Å²) in [7, 11) is 0. The van der Waals surface area contributed by atoms with Crippen molar-refractivity contribution in [3.05, 3.63) is 0 Å². The molecule has 0 aliphatic carbocycles. The Bertz CT molecular complexity index is 191. The van der Waals surface area contributed by atoms with Gasteiger partial charge in [0.05, 0.1) is 6.04 Å². The highest BCUT2D eigenvalue weighted by Crippen LogP contribution is 2.16. The Morgan fingerprint density at radius 2 is 2.17 bits per heavy atom. The molecule has 2 aliphatic heterocycles. The summed E-state index contributed by atoms with van der Waals surface area (Å²) in [6.45, 7) is 1.79. The summed E-state index contributed by atoms with van der Waals surface area (Å²) in [6, 6.07) is -0.125. The number of rotatable bonds is 1. The molecule has 2 atom stereocenters. The molecule has 0 aromatic carbocycles. The summed E-state index contributed by atoms with van der Waals surface area (Å²) < 4.78 is 0. The first-order chi connectivity index (χ1) is 5.77. The van der Waals surface area contributed by atoms with Crippen LogP contribution in [0.3, 0.4) is 0 Å². The lowest BCUT2D eigenvalue weighted by Crippen LogP contribution is -2.50. The first-order valence-corrected chi connectivity index (χ1v) is 4.50. The first-order valence-electron chi connectivity index (χ1n) is 4.50. The van der Waals surface area contributed by atoms with Crippen LogP contribution in [0.25, 0.3) is 0 Å². The number of aliphatic hydroxyl groups excluding tert-OH is 1. The molecule has 2 fully saturated rings. The largest absolute Gasteiger partial charge is 0.379 e. The Hall–Kier alpha value is -0.610. The lowest BCUT2D eigenvalue weighted by atomic mass is 10.1. The van der Waals surface area contributed by atoms with Crippen LogP contribution in [0.15, 0.2) is 0 Å². The SMILES string of the molecule is O=C([C@@H]1CCC(O)N1)N1CCC1. The smallest absolute Gasteiger partial charge is 0.239 e. The highest BCUT2D eigenvalue weighted by Gasteiger charge is 2.32. The molecule has 0 aromatic heterocycles. The van der Waals surface area contributed by atoms with Gasteiger partial charge < -0.3 is 10.0 Å². The van der Waals surface area contributed by atoms with Crippen LogP contribution >= 0.6 is 0 Å². The molecule has 68 valence electrons. The Balaban J connectivity index is 1.87. The van der Waals surface area contributed by atoms with E-state index in [1.165, 1.54) is 0 Å². The third kappa shape index (κ3) is 1.32. The molecule has 2 saturated heterocycles. The fourth-order valence-corrected chi connectivity index (χ4v) is 1.68. The zero-order valence-electron chi connectivity index (χ0n) is 6.99. The van der Waals surface area contributed by atoms with Crippen LogP contribution in [0.5, 0.6) is 0 Å². The van der Waals surface area contributed by atoms with E-state index in [0.29, 0.717) is 6.42 Å². The summed E-state index contributed by atoms with van der Waals surface area (Å²) in [5.74, 6) is 0.165. The van der Waals surface area contributed by atoms with Crippen molar-refractivity contribution < 1.29 is 9.90 Å². The van der Waals surface area contributed by atoms with E-state index in [1.54, 1.807) is 0 Å². The number of nitrogens with one attached hydrogen (secondary N) is 1. The number of amides is 1. The Labute approximate surface area is 71.5 Å². The van der Waals surface area contributed by atoms with Gasteiger partial charge in [-0.3, -0.25) is 10.1 Å². The minimum Gasteiger partial charge on any atom is -0.379 e. The van der Waals surface area contributed by atoms with Crippen molar-refractivity contribution in [2.24, 2.45) is 0 Å². The molecular weight excluding hydrogens is 156 g/mol. The standard InChI is InChI=1S/C8H14N2O2/c11-7-3-2-6(9-7)8(12)10-4-1-5-10/h6-7,9,11H,1-5H2/t6-,7?/m0/s1. The molecule has 0 radical (unpaired) electrons. The molecule has 0 aromatic rings. The van der Waals surface area contributed by atoms with Gasteiger partial charge in [0.25, 0.3) is 0 Å². The summed E-state index contributed by atoms with van der Waals surface area (Å²) in [5.41, 5.74) is 0. The number of hydrogen-bond acceptors (Lipinski definition) is 3. The van der Waals surface area contributed by atoms with E-state index in [0.717, 1.165) is 25.9 Å². The quantitative estimate of drug-likeness (QED) is 0.546. The number of carbonyl (C=O) groups excluding carboxylic acids is 1. The van der Waals surface area contributed by atoms with Crippen molar-refractivity contribution in [2.45, 2.75) is 31.5 Å². The summed E-state index contributed by atoms with van der Waals surface area (Å²) >= 11 is 0. The second-order valence-corrected chi connectivity index (χ2v) is 3.49. The van der Waals surface area contributed by atoms with Gasteiger partial charge in [-0.2, -0.15) is 0 Å². The lowest BCUT2D eigenvalue weighted by Gasteiger charge is -2.33. The van der Waals surface area contributed by atoms with Crippen LogP contribution in [0, 0.1) is 0 Å². The molecular formula is C8H14N2O2. The van der Waals surface area contributed by atoms with Crippen molar-refractivity contribution in [1.82, 2.24) is 10.2 Å². The van der Waals surface area contributed by atoms with Gasteiger partial charge in [0, 0.05) is 13.1 Å². The third-order valence-electron chi connectivity index (χ3n) is 2.59. The van der Waals surface area contributed by atoms with Gasteiger partial charge >= 0.3 is 0 Å². The molecule has 2 N–H and O–H groups in total. The Kier molecular flexibility index (Phi) is 2.02. The van der Waals surface area contributed by atoms with Crippen molar-refractivity contribution >= 4 is 5.91 Å². The van der Waals surface area contributed by atoms with Crippen molar-refractivity contribution in [3.8, 4) is 0 Å². The van der Waals surface area contributed by atoms with E-state index in [1.807, 2.05) is 4.90 Å². The maximum absolute atomic E-state index is 11.5. The zero-order valence-corrected chi connectivity index (χ0v) is 6.99. The second kappa shape index (κ2) is 3.03. The lowest BCUT2D eigenvalue weighted by molar-refractivity contribution is -0.136. The molecule has 12 heavy (non-hydrogen) atoms. The molecule has 1 unspecified atom stereocenters. The van der Waals surface area contributed by atoms with E-state index >= 15 is 0 Å². The van der Waals surface area contributed by atoms with Gasteiger partial charge in [-0.1, -0.05) is 0 Å². The minimum atomic E-state index is -0.472. The molecule has 2 rings (SSSR count). The molecule has 1 amide bonds. The minimum absolute atomic E-state index is 0.125. The highest BCUT2D eigenvalue weighted by atomic mass is 16.3. The van der Waals surface area contributed by atoms with Crippen LogP contribution in [0.2, 0.25) is 0 Å². The van der Waals surface area contributed by atoms with Crippen LogP contribution < -0.4 is 5.32 Å². The van der Waals surface area contributed by atoms with Crippen LogP contribution in [-0.4, -0.2) is 41.3 Å². The third-order valence-corrected chi connectivity index (χ3v) is 2.59. The zero-order chi connectivity index (χ0) is 8.55. The summed E-state index contributed by atoms with van der Waals surface area (Å²) in [4.78, 5) is 13.4. The van der Waals surface area contributed by atoms with E-state index in [9.17, 15) is 4.79 Å². The molecule has 0 bridgehead atoms. The molecule has 0 saturated carbocycles. The second-order valence-electron chi connectivity index (χ2n) is 3.49. The predicted molar refractivity (Wildman–Crippen MR) is 43.4 cm³/mol. The van der Waals surface area contributed by atoms with Crippen LogP contribution in [0.1, 0.15) is 19.3 Å². The van der Waals surface area contributed by atoms with Crippen LogP contribution in [-0.2, 0) is 4.79 Å². The average Bonchev–Trinajstić information content (AvgIpc) is 2.31. The normalized spacial score (nSPS) is 34.9. The molecule has 2 heterocycles. The van der Waals surface area contributed by atoms with Gasteiger partial charge in [-0.15, -0.1) is 0 Å². The maximum Gasteiger partial charge on any atom is 0.239 e. The number of nitrogens with zero attached hydrogens (tertiary/aromatic N) is 1. The molecule has 4 heteroatoms.